The van der Waals surface area contributed by atoms with Crippen LogP contribution in [-0.4, -0.2) is 58.0 Å². The van der Waals surface area contributed by atoms with Gasteiger partial charge in [0.25, 0.3) is 0 Å². The molecule has 2 aliphatic rings. The van der Waals surface area contributed by atoms with E-state index in [0.29, 0.717) is 6.54 Å². The first-order chi connectivity index (χ1) is 25.4. The van der Waals surface area contributed by atoms with E-state index in [1.54, 1.807) is 0 Å². The summed E-state index contributed by atoms with van der Waals surface area (Å²) in [5, 5.41) is 12.5. The van der Waals surface area contributed by atoms with Crippen molar-refractivity contribution in [2.45, 2.75) is 57.5 Å². The molecule has 0 spiro atoms. The minimum absolute atomic E-state index is 0.0126. The summed E-state index contributed by atoms with van der Waals surface area (Å²) in [6.07, 6.45) is 1.89. The minimum Gasteiger partial charge on any atom is -0.445 e. The third-order valence-corrected chi connectivity index (χ3v) is 10.4. The number of rotatable bonds is 11. The lowest BCUT2D eigenvalue weighted by Crippen LogP contribution is -2.47. The van der Waals surface area contributed by atoms with Crippen molar-refractivity contribution in [2.75, 3.05) is 26.2 Å². The number of fused-ring (bicyclic) bond motifs is 1. The number of aliphatic hydroxyl groups excluding tert-OH is 1. The van der Waals surface area contributed by atoms with Gasteiger partial charge >= 0.3 is 11.8 Å². The van der Waals surface area contributed by atoms with Crippen molar-refractivity contribution in [3.8, 4) is 11.1 Å². The fraction of sp³-hybridized carbons (Fsp3) is 0.333. The Morgan fingerprint density at radius 1 is 0.962 bits per heavy atom. The van der Waals surface area contributed by atoms with Crippen LogP contribution in [0.3, 0.4) is 0 Å². The topological polar surface area (TPSA) is 118 Å². The number of hydrogen-bond acceptors (Lipinski definition) is 7. The number of aliphatic hydroxyl groups is 1. The normalized spacial score (nSPS) is 21.2. The summed E-state index contributed by atoms with van der Waals surface area (Å²) >= 11 is 0. The van der Waals surface area contributed by atoms with E-state index >= 15 is 0 Å². The second-order valence-corrected chi connectivity index (χ2v) is 13.7. The maximum absolute atomic E-state index is 12.9. The third-order valence-electron chi connectivity index (χ3n) is 10.4. The summed E-state index contributed by atoms with van der Waals surface area (Å²) in [4.78, 5) is 30.4. The molecule has 4 aromatic carbocycles. The number of piperidine rings is 1. The van der Waals surface area contributed by atoms with Gasteiger partial charge in [0, 0.05) is 43.7 Å². The zero-order valence-electron chi connectivity index (χ0n) is 29.4. The van der Waals surface area contributed by atoms with Crippen LogP contribution in [0.1, 0.15) is 60.5 Å². The number of H-pyrrole nitrogens is 1. The highest BCUT2D eigenvalue weighted by Gasteiger charge is 2.39. The summed E-state index contributed by atoms with van der Waals surface area (Å²) in [5.41, 5.74) is 7.59. The van der Waals surface area contributed by atoms with Crippen LogP contribution in [0.2, 0.25) is 0 Å². The van der Waals surface area contributed by atoms with Gasteiger partial charge in [0.15, 0.2) is 6.29 Å². The molecule has 2 fully saturated rings. The number of aromatic nitrogens is 2. The zero-order chi connectivity index (χ0) is 36.0. The Hall–Kier alpha value is -5.00. The molecule has 270 valence electrons. The molecule has 0 saturated carbocycles. The number of carbonyl (C=O) groups excluding carboxylic acids is 1. The first kappa shape index (κ1) is 35.4. The van der Waals surface area contributed by atoms with E-state index in [4.69, 9.17) is 14.2 Å². The zero-order valence-corrected chi connectivity index (χ0v) is 29.4. The lowest BCUT2D eigenvalue weighted by molar-refractivity contribution is -0.276. The summed E-state index contributed by atoms with van der Waals surface area (Å²) in [6, 6.07) is 32.2. The molecular weight excluding hydrogens is 656 g/mol. The molecule has 2 aliphatic heterocycles. The van der Waals surface area contributed by atoms with Crippen molar-refractivity contribution in [3.63, 3.8) is 0 Å². The number of benzene rings is 4. The van der Waals surface area contributed by atoms with E-state index in [1.807, 2.05) is 89.5 Å². The number of amides is 1. The van der Waals surface area contributed by atoms with Gasteiger partial charge in [-0.1, -0.05) is 105 Å². The van der Waals surface area contributed by atoms with Crippen LogP contribution < -0.4 is 11.0 Å². The predicted octanol–water partition coefficient (Wildman–Crippen LogP) is 7.03. The average molecular weight is 703 g/mol. The van der Waals surface area contributed by atoms with E-state index in [9.17, 15) is 14.7 Å². The third kappa shape index (κ3) is 7.75. The van der Waals surface area contributed by atoms with E-state index in [1.165, 1.54) is 6.08 Å². The number of alkyl carbamates (subject to hydrolysis) is 1. The standard InChI is InChI=1S/C42H46N4O6/c1-3-24-50-42(49)43-25-33-8-4-5-9-35(33)30-16-18-32(19-17-30)40-51-38(28(2)39(52-40)31-14-12-29(27-47)13-15-31)26-45-22-20-34(21-23-45)46-37-11-7-6-10-36(37)44-41(46)48/h3-19,28,34,38-40,47H,1,20-27H2,2H3,(H,43,49)(H,44,48)/t28-,38+,39+,40+/m1/s1. The Labute approximate surface area is 303 Å². The Balaban J connectivity index is 1.08. The summed E-state index contributed by atoms with van der Waals surface area (Å²) < 4.78 is 20.5. The maximum atomic E-state index is 12.9. The molecule has 1 amide bonds. The van der Waals surface area contributed by atoms with Crippen molar-refractivity contribution < 1.29 is 24.1 Å². The van der Waals surface area contributed by atoms with Crippen LogP contribution in [0.25, 0.3) is 22.2 Å². The molecule has 0 bridgehead atoms. The smallest absolute Gasteiger partial charge is 0.407 e. The Kier molecular flexibility index (Phi) is 11.0. The van der Waals surface area contributed by atoms with Crippen LogP contribution in [-0.2, 0) is 27.4 Å². The van der Waals surface area contributed by atoms with Crippen molar-refractivity contribution in [3.05, 3.63) is 142 Å². The van der Waals surface area contributed by atoms with Crippen molar-refractivity contribution in [1.82, 2.24) is 19.8 Å². The number of para-hydroxylation sites is 2. The quantitative estimate of drug-likeness (QED) is 0.127. The number of nitrogens with zero attached hydrogens (tertiary/aromatic N) is 2. The van der Waals surface area contributed by atoms with Gasteiger partial charge in [-0.2, -0.15) is 0 Å². The molecule has 52 heavy (non-hydrogen) atoms. The fourth-order valence-electron chi connectivity index (χ4n) is 7.51. The van der Waals surface area contributed by atoms with E-state index in [0.717, 1.165) is 76.9 Å². The van der Waals surface area contributed by atoms with Gasteiger partial charge in [0.2, 0.25) is 0 Å². The minimum atomic E-state index is -0.586. The van der Waals surface area contributed by atoms with E-state index < -0.39 is 12.4 Å². The summed E-state index contributed by atoms with van der Waals surface area (Å²) in [5.74, 6) is 0.0574. The summed E-state index contributed by atoms with van der Waals surface area (Å²) in [7, 11) is 0. The second-order valence-electron chi connectivity index (χ2n) is 13.7. The van der Waals surface area contributed by atoms with Crippen LogP contribution in [0.5, 0.6) is 0 Å². The molecule has 3 heterocycles. The Morgan fingerprint density at radius 2 is 1.67 bits per heavy atom. The number of hydrogen-bond donors (Lipinski definition) is 3. The van der Waals surface area contributed by atoms with Crippen LogP contribution in [0.15, 0.2) is 115 Å². The number of imidazole rings is 1. The molecule has 0 aliphatic carbocycles. The lowest BCUT2D eigenvalue weighted by Gasteiger charge is -2.44. The predicted molar refractivity (Wildman–Crippen MR) is 201 cm³/mol. The largest absolute Gasteiger partial charge is 0.445 e. The number of aromatic amines is 1. The van der Waals surface area contributed by atoms with Crippen molar-refractivity contribution in [1.29, 1.82) is 0 Å². The van der Waals surface area contributed by atoms with Gasteiger partial charge < -0.3 is 34.5 Å². The molecule has 0 unspecified atom stereocenters. The second kappa shape index (κ2) is 16.1. The van der Waals surface area contributed by atoms with Crippen molar-refractivity contribution in [2.24, 2.45) is 5.92 Å². The highest BCUT2D eigenvalue weighted by molar-refractivity contribution is 5.75. The Morgan fingerprint density at radius 3 is 2.42 bits per heavy atom. The average Bonchev–Trinajstić information content (AvgIpc) is 3.53. The molecular formula is C42H46N4O6. The molecule has 3 N–H and O–H groups in total. The van der Waals surface area contributed by atoms with E-state index in [2.05, 4.69) is 40.8 Å². The molecule has 4 atom stereocenters. The molecule has 1 aromatic heterocycles. The van der Waals surface area contributed by atoms with Gasteiger partial charge in [-0.05, 0) is 52.8 Å². The Bertz CT molecular complexity index is 2030. The lowest BCUT2D eigenvalue weighted by atomic mass is 9.89. The van der Waals surface area contributed by atoms with Gasteiger partial charge in [-0.15, -0.1) is 0 Å². The molecule has 10 heteroatoms. The maximum Gasteiger partial charge on any atom is 0.407 e. The number of ether oxygens (including phenoxy) is 3. The van der Waals surface area contributed by atoms with Crippen LogP contribution in [0, 0.1) is 5.92 Å². The SMILES string of the molecule is C=CCOC(=O)NCc1ccccc1-c1ccc([C@H]2O[C@@H](CN3CCC(n4c(=O)[nH]c5ccccc54)CC3)[C@@H](C)[C@@H](c3ccc(CO)cc3)O2)cc1. The molecule has 7 rings (SSSR count). The van der Waals surface area contributed by atoms with Gasteiger partial charge in [-0.25, -0.2) is 9.59 Å². The number of nitrogens with one attached hydrogen (secondary N) is 2. The number of likely N-dealkylation sites (tertiary alicyclic amines) is 1. The molecule has 0 radical (unpaired) electrons. The van der Waals surface area contributed by atoms with Gasteiger partial charge in [0.05, 0.1) is 29.8 Å². The molecule has 10 nitrogen and oxygen atoms in total. The highest BCUT2D eigenvalue weighted by Crippen LogP contribution is 2.42. The number of carbonyl (C=O) groups is 1. The molecule has 5 aromatic rings. The van der Waals surface area contributed by atoms with Crippen LogP contribution in [0.4, 0.5) is 4.79 Å². The van der Waals surface area contributed by atoms with Gasteiger partial charge in [-0.3, -0.25) is 4.57 Å². The van der Waals surface area contributed by atoms with Crippen molar-refractivity contribution >= 4 is 17.1 Å². The fourth-order valence-corrected chi connectivity index (χ4v) is 7.51. The first-order valence-electron chi connectivity index (χ1n) is 18.0. The summed E-state index contributed by atoms with van der Waals surface area (Å²) in [6.45, 7) is 8.70. The van der Waals surface area contributed by atoms with Gasteiger partial charge in [0.1, 0.15) is 6.61 Å². The van der Waals surface area contributed by atoms with E-state index in [-0.39, 0.29) is 43.1 Å². The highest BCUT2D eigenvalue weighted by atomic mass is 16.7. The monoisotopic (exact) mass is 702 g/mol. The first-order valence-corrected chi connectivity index (χ1v) is 18.0. The molecule has 2 saturated heterocycles. The van der Waals surface area contributed by atoms with Crippen LogP contribution >= 0.6 is 0 Å².